The zero-order chi connectivity index (χ0) is 36.3. The minimum absolute atomic E-state index is 1.11. The third-order valence-electron chi connectivity index (χ3n) is 10.9. The fourth-order valence-electron chi connectivity index (χ4n) is 8.27. The summed E-state index contributed by atoms with van der Waals surface area (Å²) in [7, 11) is 0. The molecule has 0 saturated heterocycles. The summed E-state index contributed by atoms with van der Waals surface area (Å²) in [4.78, 5) is 2.46. The van der Waals surface area contributed by atoms with E-state index in [1.54, 1.807) is 0 Å². The molecular formula is C52H33NS2. The molecule has 0 amide bonds. The van der Waals surface area contributed by atoms with E-state index in [0.29, 0.717) is 0 Å². The normalized spacial score (nSPS) is 11.6. The number of nitrogens with zero attached hydrogens (tertiary/aromatic N) is 1. The number of thiophene rings is 2. The number of hydrogen-bond acceptors (Lipinski definition) is 3. The number of fused-ring (bicyclic) bond motifs is 7. The number of rotatable bonds is 6. The fraction of sp³-hybridized carbons (Fsp3) is 0. The molecule has 11 rings (SSSR count). The van der Waals surface area contributed by atoms with Crippen LogP contribution in [0.15, 0.2) is 200 Å². The molecule has 0 bridgehead atoms. The number of hydrogen-bond donors (Lipinski definition) is 0. The van der Waals surface area contributed by atoms with E-state index in [1.807, 2.05) is 22.7 Å². The van der Waals surface area contributed by atoms with Crippen molar-refractivity contribution in [3.05, 3.63) is 200 Å². The van der Waals surface area contributed by atoms with Crippen LogP contribution in [0.1, 0.15) is 0 Å². The van der Waals surface area contributed by atoms with Crippen LogP contribution in [-0.4, -0.2) is 0 Å². The minimum Gasteiger partial charge on any atom is -0.310 e. The van der Waals surface area contributed by atoms with Crippen molar-refractivity contribution >= 4 is 90.9 Å². The molecule has 2 heterocycles. The molecule has 11 aromatic rings. The molecule has 0 saturated carbocycles. The summed E-state index contributed by atoms with van der Waals surface area (Å²) < 4.78 is 5.26. The Morgan fingerprint density at radius 3 is 1.73 bits per heavy atom. The molecule has 0 aliphatic rings. The maximum atomic E-state index is 2.46. The van der Waals surface area contributed by atoms with Crippen molar-refractivity contribution in [3.8, 4) is 33.4 Å². The number of benzene rings is 9. The summed E-state index contributed by atoms with van der Waals surface area (Å²) in [5.41, 5.74) is 10.6. The Hall–Kier alpha value is -6.52. The lowest BCUT2D eigenvalue weighted by atomic mass is 9.94. The first-order valence-corrected chi connectivity index (χ1v) is 20.3. The summed E-state index contributed by atoms with van der Waals surface area (Å²) >= 11 is 3.74. The molecule has 9 aromatic carbocycles. The van der Waals surface area contributed by atoms with Gasteiger partial charge in [-0.05, 0) is 87.1 Å². The van der Waals surface area contributed by atoms with E-state index in [2.05, 4.69) is 205 Å². The highest BCUT2D eigenvalue weighted by Crippen LogP contribution is 2.47. The second-order valence-electron chi connectivity index (χ2n) is 14.1. The van der Waals surface area contributed by atoms with Crippen molar-refractivity contribution in [3.63, 3.8) is 0 Å². The molecule has 0 aliphatic carbocycles. The van der Waals surface area contributed by atoms with Gasteiger partial charge >= 0.3 is 0 Å². The molecule has 0 radical (unpaired) electrons. The van der Waals surface area contributed by atoms with Crippen LogP contribution in [0.2, 0.25) is 0 Å². The molecule has 0 atom stereocenters. The summed E-state index contributed by atoms with van der Waals surface area (Å²) in [5.74, 6) is 0. The van der Waals surface area contributed by atoms with Gasteiger partial charge in [-0.25, -0.2) is 0 Å². The third-order valence-corrected chi connectivity index (χ3v) is 13.3. The number of anilines is 3. The second kappa shape index (κ2) is 13.1. The molecule has 1 nitrogen and oxygen atoms in total. The summed E-state index contributed by atoms with van der Waals surface area (Å²) in [6.45, 7) is 0. The Bertz CT molecular complexity index is 3200. The zero-order valence-electron chi connectivity index (χ0n) is 29.8. The average molecular weight is 736 g/mol. The van der Waals surface area contributed by atoms with Gasteiger partial charge in [0.15, 0.2) is 0 Å². The Kier molecular flexibility index (Phi) is 7.61. The predicted molar refractivity (Wildman–Crippen MR) is 241 cm³/mol. The molecule has 2 aromatic heterocycles. The first kappa shape index (κ1) is 32.0. The maximum absolute atomic E-state index is 2.46. The zero-order valence-corrected chi connectivity index (χ0v) is 31.4. The largest absolute Gasteiger partial charge is 0.310 e. The molecular weight excluding hydrogens is 703 g/mol. The van der Waals surface area contributed by atoms with Crippen molar-refractivity contribution in [1.29, 1.82) is 0 Å². The van der Waals surface area contributed by atoms with Gasteiger partial charge in [0, 0.05) is 57.3 Å². The van der Waals surface area contributed by atoms with E-state index in [0.717, 1.165) is 17.1 Å². The van der Waals surface area contributed by atoms with Gasteiger partial charge in [-0.15, -0.1) is 22.7 Å². The van der Waals surface area contributed by atoms with Gasteiger partial charge in [0.2, 0.25) is 0 Å². The Morgan fingerprint density at radius 1 is 0.309 bits per heavy atom. The molecule has 0 spiro atoms. The van der Waals surface area contributed by atoms with E-state index in [4.69, 9.17) is 0 Å². The van der Waals surface area contributed by atoms with Crippen molar-refractivity contribution in [2.75, 3.05) is 4.90 Å². The van der Waals surface area contributed by atoms with E-state index >= 15 is 0 Å². The van der Waals surface area contributed by atoms with E-state index in [9.17, 15) is 0 Å². The third kappa shape index (κ3) is 5.43. The Labute approximate surface area is 327 Å². The highest BCUT2D eigenvalue weighted by molar-refractivity contribution is 7.26. The van der Waals surface area contributed by atoms with Gasteiger partial charge in [0.05, 0.1) is 5.69 Å². The first-order valence-electron chi connectivity index (χ1n) is 18.7. The second-order valence-corrected chi connectivity index (χ2v) is 16.2. The van der Waals surface area contributed by atoms with Gasteiger partial charge in [-0.1, -0.05) is 152 Å². The van der Waals surface area contributed by atoms with Crippen LogP contribution in [0, 0.1) is 0 Å². The molecule has 0 unspecified atom stereocenters. The van der Waals surface area contributed by atoms with Gasteiger partial charge < -0.3 is 4.90 Å². The van der Waals surface area contributed by atoms with Crippen LogP contribution in [0.4, 0.5) is 17.1 Å². The first-order chi connectivity index (χ1) is 27.3. The van der Waals surface area contributed by atoms with Gasteiger partial charge in [0.1, 0.15) is 0 Å². The van der Waals surface area contributed by atoms with Crippen LogP contribution in [0.5, 0.6) is 0 Å². The van der Waals surface area contributed by atoms with Gasteiger partial charge in [0.25, 0.3) is 0 Å². The molecule has 0 fully saturated rings. The monoisotopic (exact) mass is 735 g/mol. The van der Waals surface area contributed by atoms with Crippen molar-refractivity contribution < 1.29 is 0 Å². The molecule has 0 aliphatic heterocycles. The summed E-state index contributed by atoms with van der Waals surface area (Å²) in [5, 5.41) is 7.71. The van der Waals surface area contributed by atoms with Crippen LogP contribution >= 0.6 is 22.7 Å². The minimum atomic E-state index is 1.11. The quantitative estimate of drug-likeness (QED) is 0.164. The lowest BCUT2D eigenvalue weighted by Gasteiger charge is -2.29. The molecule has 0 N–H and O–H groups in total. The van der Waals surface area contributed by atoms with Crippen LogP contribution in [-0.2, 0) is 0 Å². The lowest BCUT2D eigenvalue weighted by molar-refractivity contribution is 1.29. The van der Waals surface area contributed by atoms with Gasteiger partial charge in [-0.3, -0.25) is 0 Å². The van der Waals surface area contributed by atoms with Crippen molar-refractivity contribution in [2.45, 2.75) is 0 Å². The lowest BCUT2D eigenvalue weighted by Crippen LogP contribution is -2.11. The fourth-order valence-corrected chi connectivity index (χ4v) is 10.6. The predicted octanol–water partition coefficient (Wildman–Crippen LogP) is 16.0. The van der Waals surface area contributed by atoms with E-state index in [1.165, 1.54) is 84.5 Å². The molecule has 55 heavy (non-hydrogen) atoms. The molecule has 258 valence electrons. The molecule has 3 heteroatoms. The average Bonchev–Trinajstić information content (AvgIpc) is 3.83. The van der Waals surface area contributed by atoms with Gasteiger partial charge in [-0.2, -0.15) is 0 Å². The maximum Gasteiger partial charge on any atom is 0.0546 e. The van der Waals surface area contributed by atoms with Crippen LogP contribution in [0.3, 0.4) is 0 Å². The summed E-state index contributed by atoms with van der Waals surface area (Å²) in [6.07, 6.45) is 0. The van der Waals surface area contributed by atoms with Crippen molar-refractivity contribution in [2.24, 2.45) is 0 Å². The smallest absolute Gasteiger partial charge is 0.0546 e. The highest BCUT2D eigenvalue weighted by atomic mass is 32.1. The Balaban J connectivity index is 1.14. The topological polar surface area (TPSA) is 3.24 Å². The summed E-state index contributed by atoms with van der Waals surface area (Å²) in [6, 6.07) is 73.5. The van der Waals surface area contributed by atoms with Crippen molar-refractivity contribution in [1.82, 2.24) is 0 Å². The van der Waals surface area contributed by atoms with E-state index < -0.39 is 0 Å². The Morgan fingerprint density at radius 2 is 0.891 bits per heavy atom. The van der Waals surface area contributed by atoms with Crippen LogP contribution in [0.25, 0.3) is 84.5 Å². The van der Waals surface area contributed by atoms with Crippen LogP contribution < -0.4 is 4.90 Å². The van der Waals surface area contributed by atoms with E-state index in [-0.39, 0.29) is 0 Å². The highest BCUT2D eigenvalue weighted by Gasteiger charge is 2.21. The SMILES string of the molecule is c1ccc(-c2ccc(-c3cccc4ccccc34)cc2N(c2ccc(-c3cccc4c3sc3ccccc34)cc2)c2ccc3sc4ccccc4c3c2)cc1. The standard InChI is InChI=1S/C52H33NS2/c1-2-12-35(13-3-1)42-30-26-37(41-19-10-15-34-14-4-5-16-40(34)41)32-48(42)53(39-29-31-51-47(33-39)45-18-7-8-22-49(45)54-51)38-27-24-36(25-28-38)43-20-11-21-46-44-17-6-9-23-50(44)55-52(43)46/h1-33H.